The number of nitrogens with zero attached hydrogens (tertiary/aromatic N) is 3. The molecule has 1 amide bonds. The Morgan fingerprint density at radius 3 is 2.29 bits per heavy atom. The summed E-state index contributed by atoms with van der Waals surface area (Å²) in [6.07, 6.45) is -9.92. The molecule has 2 aromatic rings. The Morgan fingerprint density at radius 2 is 1.68 bits per heavy atom. The van der Waals surface area contributed by atoms with Crippen molar-refractivity contribution in [1.29, 1.82) is 0 Å². The van der Waals surface area contributed by atoms with Crippen molar-refractivity contribution < 1.29 is 40.6 Å². The van der Waals surface area contributed by atoms with Crippen LogP contribution in [0.5, 0.6) is 11.5 Å². The maximum Gasteiger partial charge on any atom is 0.416 e. The van der Waals surface area contributed by atoms with Crippen molar-refractivity contribution in [3.05, 3.63) is 69.1 Å². The first-order valence-electron chi connectivity index (χ1n) is 12.7. The summed E-state index contributed by atoms with van der Waals surface area (Å²) in [5.74, 6) is -0.170. The maximum absolute atomic E-state index is 13.5. The fraction of sp³-hybridized carbons (Fsp3) is 0.429. The van der Waals surface area contributed by atoms with Crippen LogP contribution in [0.2, 0.25) is 0 Å². The van der Waals surface area contributed by atoms with E-state index in [4.69, 9.17) is 9.47 Å². The van der Waals surface area contributed by atoms with Gasteiger partial charge in [0.15, 0.2) is 16.7 Å². The predicted octanol–water partition coefficient (Wildman–Crippen LogP) is 6.57. The lowest BCUT2D eigenvalue weighted by molar-refractivity contribution is -0.143. The van der Waals surface area contributed by atoms with Gasteiger partial charge in [-0.1, -0.05) is 19.1 Å². The number of amides is 1. The van der Waals surface area contributed by atoms with Gasteiger partial charge in [-0.15, -0.1) is 0 Å². The fourth-order valence-corrected chi connectivity index (χ4v) is 5.59. The highest BCUT2D eigenvalue weighted by molar-refractivity contribution is 8.18. The molecule has 1 fully saturated rings. The van der Waals surface area contributed by atoms with Crippen molar-refractivity contribution in [3.8, 4) is 11.5 Å². The van der Waals surface area contributed by atoms with Gasteiger partial charge in [0.25, 0.3) is 5.91 Å². The third kappa shape index (κ3) is 7.00. The van der Waals surface area contributed by atoms with Crippen LogP contribution in [-0.4, -0.2) is 61.2 Å². The molecule has 0 aromatic heterocycles. The van der Waals surface area contributed by atoms with E-state index in [-0.39, 0.29) is 29.4 Å². The molecule has 2 aliphatic rings. The minimum atomic E-state index is -5.00. The van der Waals surface area contributed by atoms with Gasteiger partial charge in [0.1, 0.15) is 6.61 Å². The second-order valence-electron chi connectivity index (χ2n) is 9.89. The molecule has 0 radical (unpaired) electrons. The number of rotatable bonds is 6. The molecule has 0 saturated carbocycles. The molecule has 4 rings (SSSR count). The van der Waals surface area contributed by atoms with Crippen molar-refractivity contribution in [3.63, 3.8) is 0 Å². The van der Waals surface area contributed by atoms with Crippen LogP contribution >= 0.6 is 11.8 Å². The van der Waals surface area contributed by atoms with E-state index in [0.717, 1.165) is 43.4 Å². The molecule has 2 aliphatic heterocycles. The van der Waals surface area contributed by atoms with E-state index in [1.54, 1.807) is 12.1 Å². The van der Waals surface area contributed by atoms with Gasteiger partial charge in [-0.3, -0.25) is 4.79 Å². The number of halogens is 6. The van der Waals surface area contributed by atoms with Crippen LogP contribution in [0.15, 0.2) is 51.9 Å². The Morgan fingerprint density at radius 1 is 1.00 bits per heavy atom. The highest BCUT2D eigenvalue weighted by atomic mass is 32.2. The van der Waals surface area contributed by atoms with Crippen LogP contribution in [0.1, 0.15) is 42.0 Å². The largest absolute Gasteiger partial charge is 0.493 e. The molecule has 0 spiro atoms. The van der Waals surface area contributed by atoms with E-state index in [1.165, 1.54) is 24.9 Å². The summed E-state index contributed by atoms with van der Waals surface area (Å²) < 4.78 is 90.5. The van der Waals surface area contributed by atoms with Crippen LogP contribution < -0.4 is 9.47 Å². The molecule has 1 unspecified atom stereocenters. The van der Waals surface area contributed by atoms with Crippen molar-refractivity contribution in [2.45, 2.75) is 38.7 Å². The van der Waals surface area contributed by atoms with Crippen LogP contribution in [0.4, 0.5) is 26.3 Å². The van der Waals surface area contributed by atoms with Gasteiger partial charge in [0.2, 0.25) is 0 Å². The zero-order valence-electron chi connectivity index (χ0n) is 22.8. The van der Waals surface area contributed by atoms with Gasteiger partial charge in [-0.25, -0.2) is 0 Å². The van der Waals surface area contributed by atoms with E-state index < -0.39 is 35.6 Å². The molecule has 0 N–H and O–H groups in total. The molecule has 13 heteroatoms. The molecule has 6 nitrogen and oxygen atoms in total. The summed E-state index contributed by atoms with van der Waals surface area (Å²) in [5, 5.41) is 0.687. The molecule has 1 atom stereocenters. The summed E-state index contributed by atoms with van der Waals surface area (Å²) >= 11 is 1.35. The lowest BCUT2D eigenvalue weighted by atomic mass is 9.93. The fourth-order valence-electron chi connectivity index (χ4n) is 4.50. The average molecular weight is 602 g/mol. The second-order valence-corrected chi connectivity index (χ2v) is 10.9. The molecule has 2 heterocycles. The lowest BCUT2D eigenvalue weighted by Crippen LogP contribution is -2.46. The number of amidine groups is 1. The SMILES string of the molecule is COc1cc(C(C)/C(C)=C2/SC(N3CCN(C)CC3)=NC2=O)ccc1OCc1ccc(C(F)(F)F)cc1C(F)(F)F. The lowest BCUT2D eigenvalue weighted by Gasteiger charge is -2.33. The summed E-state index contributed by atoms with van der Waals surface area (Å²) in [7, 11) is 3.41. The Balaban J connectivity index is 1.51. The van der Waals surface area contributed by atoms with Crippen molar-refractivity contribution in [2.75, 3.05) is 40.3 Å². The van der Waals surface area contributed by atoms with Gasteiger partial charge >= 0.3 is 12.4 Å². The topological polar surface area (TPSA) is 54.4 Å². The molecule has 2 aromatic carbocycles. The summed E-state index contributed by atoms with van der Waals surface area (Å²) in [6, 6.07) is 6.32. The van der Waals surface area contributed by atoms with Gasteiger partial charge in [0, 0.05) is 37.7 Å². The highest BCUT2D eigenvalue weighted by Crippen LogP contribution is 2.41. The monoisotopic (exact) mass is 601 g/mol. The van der Waals surface area contributed by atoms with E-state index >= 15 is 0 Å². The third-order valence-corrected chi connectivity index (χ3v) is 8.41. The molecular formula is C28H29F6N3O3S. The maximum atomic E-state index is 13.5. The molecule has 0 bridgehead atoms. The first-order chi connectivity index (χ1) is 19.2. The number of carbonyl (C=O) groups excluding carboxylic acids is 1. The van der Waals surface area contributed by atoms with Gasteiger partial charge in [-0.05, 0) is 61.1 Å². The number of ether oxygens (including phenoxy) is 2. The van der Waals surface area contributed by atoms with E-state index in [0.29, 0.717) is 16.1 Å². The number of carbonyl (C=O) groups is 1. The minimum Gasteiger partial charge on any atom is -0.493 e. The summed E-state index contributed by atoms with van der Waals surface area (Å²) in [4.78, 5) is 21.9. The number of methoxy groups -OCH3 is 1. The number of allylic oxidation sites excluding steroid dienone is 1. The van der Waals surface area contributed by atoms with Crippen molar-refractivity contribution in [2.24, 2.45) is 4.99 Å². The van der Waals surface area contributed by atoms with Gasteiger partial charge in [-0.2, -0.15) is 31.3 Å². The van der Waals surface area contributed by atoms with Crippen molar-refractivity contribution in [1.82, 2.24) is 9.80 Å². The zero-order chi connectivity index (χ0) is 30.1. The number of likely N-dealkylation sites (N-methyl/N-ethyl adjacent to an activating group) is 1. The second kappa shape index (κ2) is 12.0. The Bertz CT molecular complexity index is 1360. The normalized spacial score (nSPS) is 18.8. The molecular weight excluding hydrogens is 572 g/mol. The summed E-state index contributed by atoms with van der Waals surface area (Å²) in [5.41, 5.74) is -1.68. The summed E-state index contributed by atoms with van der Waals surface area (Å²) in [6.45, 7) is 6.48. The number of alkyl halides is 6. The molecule has 41 heavy (non-hydrogen) atoms. The van der Waals surface area contributed by atoms with Crippen LogP contribution in [0.3, 0.4) is 0 Å². The number of benzene rings is 2. The standard InChI is InChI=1S/C28H29F6N3O3S/c1-16(17(2)24-25(38)35-26(41-24)37-11-9-36(3)10-12-37)18-6-8-22(23(13-18)39-4)40-15-19-5-7-20(27(29,30)31)14-21(19)28(32,33)34/h5-8,13-14,16H,9-12,15H2,1-4H3/b24-17+. The van der Waals surface area contributed by atoms with Gasteiger partial charge in [0.05, 0.1) is 23.1 Å². The van der Waals surface area contributed by atoms with E-state index in [1.807, 2.05) is 20.9 Å². The Kier molecular flexibility index (Phi) is 8.98. The third-order valence-electron chi connectivity index (χ3n) is 7.18. The van der Waals surface area contributed by atoms with Gasteiger partial charge < -0.3 is 19.3 Å². The van der Waals surface area contributed by atoms with E-state index in [2.05, 4.69) is 14.8 Å². The quantitative estimate of drug-likeness (QED) is 0.276. The van der Waals surface area contributed by atoms with Crippen molar-refractivity contribution >= 4 is 22.8 Å². The molecule has 0 aliphatic carbocycles. The number of hydrogen-bond donors (Lipinski definition) is 0. The molecule has 1 saturated heterocycles. The Hall–Kier alpha value is -3.19. The number of hydrogen-bond acceptors (Lipinski definition) is 6. The highest BCUT2D eigenvalue weighted by Gasteiger charge is 2.38. The first-order valence-corrected chi connectivity index (χ1v) is 13.5. The van der Waals surface area contributed by atoms with Crippen LogP contribution in [0.25, 0.3) is 0 Å². The first kappa shape index (κ1) is 30.8. The number of thioether (sulfide) groups is 1. The van der Waals surface area contributed by atoms with E-state index in [9.17, 15) is 31.1 Å². The van der Waals surface area contributed by atoms with Crippen LogP contribution in [-0.2, 0) is 23.8 Å². The van der Waals surface area contributed by atoms with Crippen LogP contribution in [0, 0.1) is 0 Å². The number of aliphatic imine (C=N–C) groups is 1. The zero-order valence-corrected chi connectivity index (χ0v) is 23.6. The smallest absolute Gasteiger partial charge is 0.416 e. The number of piperazine rings is 1. The average Bonchev–Trinajstić information content (AvgIpc) is 3.31. The predicted molar refractivity (Wildman–Crippen MR) is 144 cm³/mol. The molecule has 222 valence electrons. The Labute approximate surface area is 238 Å². The minimum absolute atomic E-state index is 0.0815.